The number of benzene rings is 4. The molecule has 5 heteroatoms. The monoisotopic (exact) mass is 433 g/mol. The van der Waals surface area contributed by atoms with E-state index in [2.05, 4.69) is 51.4 Å². The fourth-order valence-electron chi connectivity index (χ4n) is 3.94. The highest BCUT2D eigenvalue weighted by Crippen LogP contribution is 2.33. The highest BCUT2D eigenvalue weighted by molar-refractivity contribution is 6.28. The summed E-state index contributed by atoms with van der Waals surface area (Å²) >= 11 is 6.24. The van der Waals surface area contributed by atoms with Gasteiger partial charge in [0.2, 0.25) is 5.28 Å². The lowest BCUT2D eigenvalue weighted by atomic mass is 10.0. The summed E-state index contributed by atoms with van der Waals surface area (Å²) < 4.78 is 6.06. The second-order valence-corrected chi connectivity index (χ2v) is 7.85. The van der Waals surface area contributed by atoms with Crippen molar-refractivity contribution in [3.8, 4) is 33.9 Å². The fourth-order valence-corrected chi connectivity index (χ4v) is 4.10. The quantitative estimate of drug-likeness (QED) is 0.291. The van der Waals surface area contributed by atoms with E-state index >= 15 is 0 Å². The molecule has 152 valence electrons. The van der Waals surface area contributed by atoms with E-state index in [9.17, 15) is 0 Å². The average Bonchev–Trinajstić information content (AvgIpc) is 3.22. The summed E-state index contributed by atoms with van der Waals surface area (Å²) in [7, 11) is 0. The molecule has 2 aromatic heterocycles. The molecule has 0 aliphatic carbocycles. The van der Waals surface area contributed by atoms with Crippen LogP contribution < -0.4 is 0 Å². The Morgan fingerprint density at radius 3 is 2.03 bits per heavy atom. The van der Waals surface area contributed by atoms with Crippen LogP contribution in [0.3, 0.4) is 0 Å². The van der Waals surface area contributed by atoms with Crippen LogP contribution in [0.4, 0.5) is 0 Å². The standard InChI is InChI=1S/C27H16ClN3O/c28-27-30-25(17-7-2-1-3-8-17)29-26(31-27)20-10-6-9-18(15-20)19-13-14-22-21-11-4-5-12-23(21)32-24(22)16-19/h1-16H. The van der Waals surface area contributed by atoms with E-state index in [-0.39, 0.29) is 5.28 Å². The number of aromatic nitrogens is 3. The molecule has 0 unspecified atom stereocenters. The minimum atomic E-state index is 0.169. The number of fused-ring (bicyclic) bond motifs is 3. The number of hydrogen-bond donors (Lipinski definition) is 0. The van der Waals surface area contributed by atoms with E-state index in [0.717, 1.165) is 44.2 Å². The van der Waals surface area contributed by atoms with Crippen molar-refractivity contribution >= 4 is 33.5 Å². The van der Waals surface area contributed by atoms with Crippen molar-refractivity contribution in [1.82, 2.24) is 15.0 Å². The van der Waals surface area contributed by atoms with Crippen LogP contribution in [0.25, 0.3) is 55.8 Å². The van der Waals surface area contributed by atoms with Crippen molar-refractivity contribution in [3.05, 3.63) is 102 Å². The topological polar surface area (TPSA) is 51.8 Å². The molecule has 0 radical (unpaired) electrons. The molecule has 6 rings (SSSR count). The first-order chi connectivity index (χ1) is 15.7. The SMILES string of the molecule is Clc1nc(-c2ccccc2)nc(-c2cccc(-c3ccc4c(c3)oc3ccccc34)c2)n1. The Hall–Kier alpha value is -4.02. The lowest BCUT2D eigenvalue weighted by Crippen LogP contribution is -1.97. The summed E-state index contributed by atoms with van der Waals surface area (Å²) in [6, 6.07) is 32.2. The van der Waals surface area contributed by atoms with Gasteiger partial charge in [-0.15, -0.1) is 0 Å². The molecular formula is C27H16ClN3O. The van der Waals surface area contributed by atoms with Gasteiger partial charge in [-0.1, -0.05) is 72.8 Å². The second-order valence-electron chi connectivity index (χ2n) is 7.51. The molecule has 4 nitrogen and oxygen atoms in total. The van der Waals surface area contributed by atoms with Gasteiger partial charge in [-0.05, 0) is 47.0 Å². The van der Waals surface area contributed by atoms with Gasteiger partial charge in [0.05, 0.1) is 0 Å². The lowest BCUT2D eigenvalue weighted by molar-refractivity contribution is 0.669. The molecule has 32 heavy (non-hydrogen) atoms. The Balaban J connectivity index is 1.43. The molecule has 6 aromatic rings. The molecule has 0 amide bonds. The Morgan fingerprint density at radius 1 is 0.500 bits per heavy atom. The third kappa shape index (κ3) is 3.31. The van der Waals surface area contributed by atoms with Crippen molar-refractivity contribution in [2.75, 3.05) is 0 Å². The van der Waals surface area contributed by atoms with Gasteiger partial charge in [0.15, 0.2) is 11.6 Å². The van der Waals surface area contributed by atoms with E-state index in [1.54, 1.807) is 0 Å². The number of halogens is 1. The molecule has 0 N–H and O–H groups in total. The molecule has 0 atom stereocenters. The van der Waals surface area contributed by atoms with Crippen LogP contribution in [0.2, 0.25) is 5.28 Å². The van der Waals surface area contributed by atoms with Crippen LogP contribution in [0, 0.1) is 0 Å². The molecule has 0 spiro atoms. The van der Waals surface area contributed by atoms with Crippen molar-refractivity contribution < 1.29 is 4.42 Å². The summed E-state index contributed by atoms with van der Waals surface area (Å²) in [6.07, 6.45) is 0. The van der Waals surface area contributed by atoms with Crippen LogP contribution in [0.1, 0.15) is 0 Å². The Bertz CT molecular complexity index is 1590. The first-order valence-electron chi connectivity index (χ1n) is 10.2. The fraction of sp³-hybridized carbons (Fsp3) is 0. The van der Waals surface area contributed by atoms with Gasteiger partial charge >= 0.3 is 0 Å². The van der Waals surface area contributed by atoms with Crippen molar-refractivity contribution in [2.45, 2.75) is 0 Å². The average molecular weight is 434 g/mol. The molecule has 0 aliphatic rings. The number of hydrogen-bond acceptors (Lipinski definition) is 4. The van der Waals surface area contributed by atoms with E-state index in [0.29, 0.717) is 11.6 Å². The van der Waals surface area contributed by atoms with Gasteiger partial charge in [-0.25, -0.2) is 4.98 Å². The van der Waals surface area contributed by atoms with Gasteiger partial charge in [0.25, 0.3) is 0 Å². The second kappa shape index (κ2) is 7.59. The first kappa shape index (κ1) is 18.7. The zero-order chi connectivity index (χ0) is 21.5. The summed E-state index contributed by atoms with van der Waals surface area (Å²) in [4.78, 5) is 13.3. The van der Waals surface area contributed by atoms with Crippen LogP contribution in [0.15, 0.2) is 101 Å². The maximum Gasteiger partial charge on any atom is 0.226 e. The van der Waals surface area contributed by atoms with Gasteiger partial charge in [0.1, 0.15) is 11.2 Å². The highest BCUT2D eigenvalue weighted by atomic mass is 35.5. The smallest absolute Gasteiger partial charge is 0.226 e. The molecule has 0 saturated heterocycles. The third-order valence-corrected chi connectivity index (χ3v) is 5.64. The van der Waals surface area contributed by atoms with E-state index in [1.807, 2.05) is 60.7 Å². The highest BCUT2D eigenvalue weighted by Gasteiger charge is 2.12. The molecule has 2 heterocycles. The third-order valence-electron chi connectivity index (χ3n) is 5.47. The minimum Gasteiger partial charge on any atom is -0.456 e. The Labute approximate surface area is 189 Å². The van der Waals surface area contributed by atoms with Gasteiger partial charge < -0.3 is 4.42 Å². The predicted molar refractivity (Wildman–Crippen MR) is 128 cm³/mol. The van der Waals surface area contributed by atoms with Crippen LogP contribution in [0.5, 0.6) is 0 Å². The largest absolute Gasteiger partial charge is 0.456 e. The lowest BCUT2D eigenvalue weighted by Gasteiger charge is -2.07. The summed E-state index contributed by atoms with van der Waals surface area (Å²) in [5.41, 5.74) is 5.62. The number of furan rings is 1. The maximum absolute atomic E-state index is 6.24. The summed E-state index contributed by atoms with van der Waals surface area (Å²) in [6.45, 7) is 0. The Kier molecular flexibility index (Phi) is 4.44. The minimum absolute atomic E-state index is 0.169. The summed E-state index contributed by atoms with van der Waals surface area (Å²) in [5, 5.41) is 2.40. The van der Waals surface area contributed by atoms with Crippen LogP contribution >= 0.6 is 11.6 Å². The van der Waals surface area contributed by atoms with Crippen molar-refractivity contribution in [2.24, 2.45) is 0 Å². The van der Waals surface area contributed by atoms with Crippen LogP contribution in [-0.2, 0) is 0 Å². The van der Waals surface area contributed by atoms with Crippen molar-refractivity contribution in [1.29, 1.82) is 0 Å². The molecular weight excluding hydrogens is 418 g/mol. The van der Waals surface area contributed by atoms with Crippen molar-refractivity contribution in [3.63, 3.8) is 0 Å². The van der Waals surface area contributed by atoms with E-state index in [4.69, 9.17) is 16.0 Å². The molecule has 0 aliphatic heterocycles. The van der Waals surface area contributed by atoms with Crippen LogP contribution in [-0.4, -0.2) is 15.0 Å². The molecule has 0 saturated carbocycles. The number of rotatable bonds is 3. The number of nitrogens with zero attached hydrogens (tertiary/aromatic N) is 3. The van der Waals surface area contributed by atoms with Gasteiger partial charge in [0, 0.05) is 21.9 Å². The van der Waals surface area contributed by atoms with E-state index < -0.39 is 0 Å². The maximum atomic E-state index is 6.24. The van der Waals surface area contributed by atoms with Gasteiger partial charge in [-0.2, -0.15) is 9.97 Å². The normalized spacial score (nSPS) is 11.3. The van der Waals surface area contributed by atoms with E-state index in [1.165, 1.54) is 0 Å². The molecule has 4 aromatic carbocycles. The summed E-state index contributed by atoms with van der Waals surface area (Å²) in [5.74, 6) is 1.09. The number of para-hydroxylation sites is 1. The Morgan fingerprint density at radius 2 is 1.16 bits per heavy atom. The zero-order valence-electron chi connectivity index (χ0n) is 16.9. The molecule has 0 fully saturated rings. The zero-order valence-corrected chi connectivity index (χ0v) is 17.6. The van der Waals surface area contributed by atoms with Gasteiger partial charge in [-0.3, -0.25) is 0 Å². The molecule has 0 bridgehead atoms. The predicted octanol–water partition coefficient (Wildman–Crippen LogP) is 7.43. The first-order valence-corrected chi connectivity index (χ1v) is 10.6.